The second kappa shape index (κ2) is 10.7. The quantitative estimate of drug-likeness (QED) is 0.179. The van der Waals surface area contributed by atoms with Gasteiger partial charge in [0.15, 0.2) is 0 Å². The van der Waals surface area contributed by atoms with Crippen molar-refractivity contribution in [2.75, 3.05) is 0 Å². The molecule has 8 aromatic carbocycles. The van der Waals surface area contributed by atoms with Crippen molar-refractivity contribution in [3.8, 4) is 33.4 Å². The van der Waals surface area contributed by atoms with Crippen molar-refractivity contribution < 1.29 is 0 Å². The molecule has 0 aliphatic carbocycles. The van der Waals surface area contributed by atoms with E-state index in [1.165, 1.54) is 82.4 Å². The Morgan fingerprint density at radius 3 is 1.61 bits per heavy atom. The molecule has 0 bridgehead atoms. The molecule has 0 atom stereocenters. The molecule has 1 heterocycles. The zero-order valence-corrected chi connectivity index (χ0v) is 25.7. The van der Waals surface area contributed by atoms with Crippen LogP contribution in [-0.2, 0) is 6.42 Å². The van der Waals surface area contributed by atoms with E-state index in [-0.39, 0.29) is 0 Å². The Labute approximate surface area is 269 Å². The van der Waals surface area contributed by atoms with Crippen molar-refractivity contribution in [2.24, 2.45) is 4.99 Å². The topological polar surface area (TPSA) is 12.4 Å². The molecule has 0 radical (unpaired) electrons. The smallest absolute Gasteiger partial charge is 0.0674 e. The highest BCUT2D eigenvalue weighted by Gasteiger charge is 2.18. The van der Waals surface area contributed by atoms with Crippen molar-refractivity contribution >= 4 is 43.7 Å². The molecule has 1 nitrogen and oxygen atoms in total. The first kappa shape index (κ1) is 26.6. The summed E-state index contributed by atoms with van der Waals surface area (Å²) < 4.78 is 0. The molecule has 0 saturated heterocycles. The van der Waals surface area contributed by atoms with Crippen LogP contribution in [0.4, 0.5) is 5.69 Å². The number of fused-ring (bicyclic) bond motifs is 9. The summed E-state index contributed by atoms with van der Waals surface area (Å²) in [6.07, 6.45) is 0.836. The van der Waals surface area contributed by atoms with Crippen molar-refractivity contribution in [1.82, 2.24) is 0 Å². The Balaban J connectivity index is 1.30. The minimum atomic E-state index is 0.836. The van der Waals surface area contributed by atoms with Gasteiger partial charge in [-0.15, -0.1) is 0 Å². The maximum Gasteiger partial charge on any atom is 0.0674 e. The van der Waals surface area contributed by atoms with Crippen LogP contribution < -0.4 is 0 Å². The highest BCUT2D eigenvalue weighted by molar-refractivity contribution is 6.24. The third-order valence-corrected chi connectivity index (χ3v) is 9.66. The van der Waals surface area contributed by atoms with Gasteiger partial charge in [0.25, 0.3) is 0 Å². The fraction of sp³-hybridized carbons (Fsp3) is 0.0444. The summed E-state index contributed by atoms with van der Waals surface area (Å²) in [4.78, 5) is 5.32. The molecule has 1 aliphatic rings. The predicted octanol–water partition coefficient (Wildman–Crippen LogP) is 12.2. The van der Waals surface area contributed by atoms with Crippen LogP contribution in [0.5, 0.6) is 0 Å². The van der Waals surface area contributed by atoms with Crippen LogP contribution in [0.15, 0.2) is 163 Å². The standard InChI is InChI=1S/C45H31N/c1-29-34-16-7-8-18-36(34)35-17-6-5-15-31(35)25-33-24-23-32(26-45(33)46-29)42-28-44-39-21-11-9-19-37(39)41(30-13-3-2-4-14-30)27-43(44)40-22-12-10-20-38(40)42/h2-24,26-28H,25H2,1H3. The van der Waals surface area contributed by atoms with E-state index in [1.54, 1.807) is 0 Å². The minimum absolute atomic E-state index is 0.836. The first-order valence-corrected chi connectivity index (χ1v) is 16.0. The van der Waals surface area contributed by atoms with E-state index in [2.05, 4.69) is 165 Å². The van der Waals surface area contributed by atoms with Gasteiger partial charge >= 0.3 is 0 Å². The van der Waals surface area contributed by atoms with Gasteiger partial charge in [0.05, 0.1) is 5.69 Å². The van der Waals surface area contributed by atoms with E-state index in [4.69, 9.17) is 4.99 Å². The molecule has 46 heavy (non-hydrogen) atoms. The molecule has 0 saturated carbocycles. The zero-order chi connectivity index (χ0) is 30.6. The normalized spacial score (nSPS) is 12.5. The molecule has 0 fully saturated rings. The van der Waals surface area contributed by atoms with Crippen molar-refractivity contribution in [1.29, 1.82) is 0 Å². The summed E-state index contributed by atoms with van der Waals surface area (Å²) in [6.45, 7) is 2.14. The molecule has 216 valence electrons. The maximum atomic E-state index is 5.32. The van der Waals surface area contributed by atoms with E-state index in [9.17, 15) is 0 Å². The fourth-order valence-corrected chi connectivity index (χ4v) is 7.45. The molecule has 0 unspecified atom stereocenters. The van der Waals surface area contributed by atoms with Crippen molar-refractivity contribution in [3.63, 3.8) is 0 Å². The molecule has 0 N–H and O–H groups in total. The lowest BCUT2D eigenvalue weighted by Crippen LogP contribution is -1.98. The van der Waals surface area contributed by atoms with Crippen LogP contribution >= 0.6 is 0 Å². The van der Waals surface area contributed by atoms with Gasteiger partial charge in [0, 0.05) is 17.7 Å². The van der Waals surface area contributed by atoms with Crippen LogP contribution in [-0.4, -0.2) is 5.71 Å². The van der Waals surface area contributed by atoms with Crippen LogP contribution in [0.25, 0.3) is 65.7 Å². The van der Waals surface area contributed by atoms with Crippen molar-refractivity contribution in [3.05, 3.63) is 174 Å². The lowest BCUT2D eigenvalue weighted by Gasteiger charge is -2.17. The SMILES string of the molecule is CC1=Nc2cc(-c3cc4c5ccccc5c(-c5ccccc5)cc4c4ccccc34)ccc2Cc2ccccc2-c2ccccc21. The number of rotatable bonds is 2. The summed E-state index contributed by atoms with van der Waals surface area (Å²) in [5.41, 5.74) is 13.3. The summed E-state index contributed by atoms with van der Waals surface area (Å²) in [6, 6.07) is 57.6. The molecule has 8 aromatic rings. The average molecular weight is 586 g/mol. The van der Waals surface area contributed by atoms with E-state index >= 15 is 0 Å². The summed E-state index contributed by atoms with van der Waals surface area (Å²) >= 11 is 0. The molecular weight excluding hydrogens is 555 g/mol. The van der Waals surface area contributed by atoms with Crippen molar-refractivity contribution in [2.45, 2.75) is 13.3 Å². The Bertz CT molecular complexity index is 2500. The van der Waals surface area contributed by atoms with E-state index < -0.39 is 0 Å². The molecule has 0 aromatic heterocycles. The third-order valence-electron chi connectivity index (χ3n) is 9.66. The maximum absolute atomic E-state index is 5.32. The van der Waals surface area contributed by atoms with Crippen LogP contribution in [0, 0.1) is 0 Å². The molecule has 0 spiro atoms. The van der Waals surface area contributed by atoms with Crippen LogP contribution in [0.2, 0.25) is 0 Å². The van der Waals surface area contributed by atoms with Crippen LogP contribution in [0.1, 0.15) is 23.6 Å². The van der Waals surface area contributed by atoms with Gasteiger partial charge < -0.3 is 0 Å². The predicted molar refractivity (Wildman–Crippen MR) is 196 cm³/mol. The molecule has 1 aliphatic heterocycles. The second-order valence-electron chi connectivity index (χ2n) is 12.3. The average Bonchev–Trinajstić information content (AvgIpc) is 3.16. The Hall–Kier alpha value is -5.79. The zero-order valence-electron chi connectivity index (χ0n) is 25.7. The molecule has 0 amide bonds. The highest BCUT2D eigenvalue weighted by Crippen LogP contribution is 2.43. The largest absolute Gasteiger partial charge is 0.253 e. The van der Waals surface area contributed by atoms with Gasteiger partial charge in [0.1, 0.15) is 0 Å². The minimum Gasteiger partial charge on any atom is -0.253 e. The van der Waals surface area contributed by atoms with Gasteiger partial charge in [-0.1, -0.05) is 140 Å². The summed E-state index contributed by atoms with van der Waals surface area (Å²) in [5.74, 6) is 0. The van der Waals surface area contributed by atoms with Gasteiger partial charge in [-0.25, -0.2) is 0 Å². The fourth-order valence-electron chi connectivity index (χ4n) is 7.45. The number of benzene rings is 8. The van der Waals surface area contributed by atoms with Gasteiger partial charge in [-0.3, -0.25) is 4.99 Å². The molecule has 1 heteroatoms. The van der Waals surface area contributed by atoms with Gasteiger partial charge in [-0.2, -0.15) is 0 Å². The Morgan fingerprint density at radius 1 is 0.370 bits per heavy atom. The summed E-state index contributed by atoms with van der Waals surface area (Å²) in [7, 11) is 0. The second-order valence-corrected chi connectivity index (χ2v) is 12.3. The van der Waals surface area contributed by atoms with E-state index in [0.29, 0.717) is 0 Å². The summed E-state index contributed by atoms with van der Waals surface area (Å²) in [5, 5.41) is 7.62. The van der Waals surface area contributed by atoms with E-state index in [1.807, 2.05) is 0 Å². The number of aliphatic imine (C=N–C) groups is 1. The van der Waals surface area contributed by atoms with Crippen LogP contribution in [0.3, 0.4) is 0 Å². The number of hydrogen-bond donors (Lipinski definition) is 0. The first-order chi connectivity index (χ1) is 22.7. The van der Waals surface area contributed by atoms with Gasteiger partial charge in [-0.05, 0) is 102 Å². The number of nitrogens with zero attached hydrogens (tertiary/aromatic N) is 1. The first-order valence-electron chi connectivity index (χ1n) is 16.0. The molecule has 9 rings (SSSR count). The Kier molecular flexibility index (Phi) is 6.18. The number of hydrogen-bond acceptors (Lipinski definition) is 1. The lowest BCUT2D eigenvalue weighted by atomic mass is 9.87. The van der Waals surface area contributed by atoms with E-state index in [0.717, 1.165) is 17.8 Å². The lowest BCUT2D eigenvalue weighted by molar-refractivity contribution is 1.19. The van der Waals surface area contributed by atoms with Gasteiger partial charge in [0.2, 0.25) is 0 Å². The highest BCUT2D eigenvalue weighted by atomic mass is 14.7. The third kappa shape index (κ3) is 4.28. The Morgan fingerprint density at radius 2 is 0.913 bits per heavy atom. The monoisotopic (exact) mass is 585 g/mol. The molecular formula is C45H31N.